The van der Waals surface area contributed by atoms with Crippen molar-refractivity contribution in [1.82, 2.24) is 15.0 Å². The molecule has 28 heavy (non-hydrogen) atoms. The highest BCUT2D eigenvalue weighted by Crippen LogP contribution is 2.29. The standard InChI is InChI=1S/C23H24N4O/c1-28-20-10-4-7-17-11-12-22(26-23(17)20)27-13-5-6-16(15-27)14-21-24-18-8-2-3-9-19(18)25-21/h2-4,7-12,16H,5-6,13-15H2,1H3,(H,24,25). The molecule has 1 unspecified atom stereocenters. The molecule has 0 radical (unpaired) electrons. The Kier molecular flexibility index (Phi) is 4.35. The van der Waals surface area contributed by atoms with Crippen LogP contribution in [0.2, 0.25) is 0 Å². The van der Waals surface area contributed by atoms with Crippen LogP contribution in [0, 0.1) is 5.92 Å². The van der Waals surface area contributed by atoms with Gasteiger partial charge >= 0.3 is 0 Å². The van der Waals surface area contributed by atoms with Crippen LogP contribution in [0.3, 0.4) is 0 Å². The second-order valence-corrected chi connectivity index (χ2v) is 7.56. The predicted molar refractivity (Wildman–Crippen MR) is 113 cm³/mol. The van der Waals surface area contributed by atoms with Gasteiger partial charge in [0.25, 0.3) is 0 Å². The van der Waals surface area contributed by atoms with Crippen LogP contribution < -0.4 is 9.64 Å². The number of para-hydroxylation sites is 3. The Bertz CT molecular complexity index is 1090. The first-order valence-corrected chi connectivity index (χ1v) is 9.92. The van der Waals surface area contributed by atoms with Crippen molar-refractivity contribution in [1.29, 1.82) is 0 Å². The third kappa shape index (κ3) is 3.17. The van der Waals surface area contributed by atoms with E-state index in [1.54, 1.807) is 7.11 Å². The molecule has 2 aromatic carbocycles. The quantitative estimate of drug-likeness (QED) is 0.570. The summed E-state index contributed by atoms with van der Waals surface area (Å²) < 4.78 is 5.51. The summed E-state index contributed by atoms with van der Waals surface area (Å²) in [5, 5.41) is 1.11. The van der Waals surface area contributed by atoms with Gasteiger partial charge in [0.2, 0.25) is 0 Å². The average Bonchev–Trinajstić information content (AvgIpc) is 3.15. The van der Waals surface area contributed by atoms with Crippen molar-refractivity contribution in [2.24, 2.45) is 5.92 Å². The van der Waals surface area contributed by atoms with Gasteiger partial charge in [-0.3, -0.25) is 0 Å². The van der Waals surface area contributed by atoms with Crippen molar-refractivity contribution < 1.29 is 4.74 Å². The number of aromatic amines is 1. The summed E-state index contributed by atoms with van der Waals surface area (Å²) in [4.78, 5) is 15.6. The Balaban J connectivity index is 1.37. The monoisotopic (exact) mass is 372 g/mol. The molecule has 1 aliphatic heterocycles. The zero-order valence-electron chi connectivity index (χ0n) is 16.1. The van der Waals surface area contributed by atoms with Gasteiger partial charge in [-0.25, -0.2) is 9.97 Å². The summed E-state index contributed by atoms with van der Waals surface area (Å²) in [6.45, 7) is 2.05. The van der Waals surface area contributed by atoms with E-state index in [0.29, 0.717) is 5.92 Å². The van der Waals surface area contributed by atoms with E-state index in [-0.39, 0.29) is 0 Å². The van der Waals surface area contributed by atoms with E-state index in [2.05, 4.69) is 40.2 Å². The van der Waals surface area contributed by atoms with Crippen molar-refractivity contribution in [3.05, 3.63) is 60.4 Å². The number of aromatic nitrogens is 3. The second kappa shape index (κ2) is 7.15. The molecule has 2 aromatic heterocycles. The van der Waals surface area contributed by atoms with Gasteiger partial charge in [0, 0.05) is 24.9 Å². The number of pyridine rings is 1. The van der Waals surface area contributed by atoms with Gasteiger partial charge in [-0.15, -0.1) is 0 Å². The van der Waals surface area contributed by atoms with Crippen molar-refractivity contribution in [2.45, 2.75) is 19.3 Å². The van der Waals surface area contributed by atoms with Gasteiger partial charge in [0.15, 0.2) is 0 Å². The molecule has 4 aromatic rings. The maximum atomic E-state index is 5.51. The SMILES string of the molecule is COc1cccc2ccc(N3CCCC(Cc4nc5ccccc5[nH]4)C3)nc12. The predicted octanol–water partition coefficient (Wildman–Crippen LogP) is 4.58. The lowest BCUT2D eigenvalue weighted by molar-refractivity contribution is 0.405. The van der Waals surface area contributed by atoms with E-state index >= 15 is 0 Å². The number of H-pyrrole nitrogens is 1. The van der Waals surface area contributed by atoms with Gasteiger partial charge < -0.3 is 14.6 Å². The molecule has 1 N–H and O–H groups in total. The Morgan fingerprint density at radius 1 is 1.07 bits per heavy atom. The molecule has 1 atom stereocenters. The van der Waals surface area contributed by atoms with E-state index in [9.17, 15) is 0 Å². The lowest BCUT2D eigenvalue weighted by Gasteiger charge is -2.33. The first-order valence-electron chi connectivity index (χ1n) is 9.92. The number of benzene rings is 2. The number of imidazole rings is 1. The van der Waals surface area contributed by atoms with Crippen LogP contribution in [0.5, 0.6) is 5.75 Å². The molecule has 1 aliphatic rings. The Hall–Kier alpha value is -3.08. The van der Waals surface area contributed by atoms with Crippen LogP contribution in [0.15, 0.2) is 54.6 Å². The number of nitrogens with one attached hydrogen (secondary N) is 1. The van der Waals surface area contributed by atoms with Crippen LogP contribution in [0.1, 0.15) is 18.7 Å². The zero-order chi connectivity index (χ0) is 18.9. The normalized spacial score (nSPS) is 17.3. The largest absolute Gasteiger partial charge is 0.494 e. The first-order chi connectivity index (χ1) is 13.8. The van der Waals surface area contributed by atoms with E-state index in [1.165, 1.54) is 12.8 Å². The molecule has 0 saturated carbocycles. The highest BCUT2D eigenvalue weighted by atomic mass is 16.5. The van der Waals surface area contributed by atoms with Gasteiger partial charge in [-0.05, 0) is 49.1 Å². The number of methoxy groups -OCH3 is 1. The minimum absolute atomic E-state index is 0.574. The van der Waals surface area contributed by atoms with Crippen LogP contribution in [0.4, 0.5) is 5.82 Å². The molecule has 0 spiro atoms. The number of hydrogen-bond acceptors (Lipinski definition) is 4. The maximum absolute atomic E-state index is 5.51. The molecule has 3 heterocycles. The zero-order valence-corrected chi connectivity index (χ0v) is 16.1. The molecule has 0 amide bonds. The lowest BCUT2D eigenvalue weighted by atomic mass is 9.94. The third-order valence-corrected chi connectivity index (χ3v) is 5.65. The first kappa shape index (κ1) is 17.0. The number of anilines is 1. The smallest absolute Gasteiger partial charge is 0.145 e. The second-order valence-electron chi connectivity index (χ2n) is 7.56. The lowest BCUT2D eigenvalue weighted by Crippen LogP contribution is -2.36. The molecule has 5 nitrogen and oxygen atoms in total. The van der Waals surface area contributed by atoms with Crippen LogP contribution in [0.25, 0.3) is 21.9 Å². The van der Waals surface area contributed by atoms with Gasteiger partial charge in [0.1, 0.15) is 22.9 Å². The number of ether oxygens (including phenoxy) is 1. The summed E-state index contributed by atoms with van der Waals surface area (Å²) in [5.74, 6) is 3.52. The summed E-state index contributed by atoms with van der Waals surface area (Å²) in [6, 6.07) is 18.6. The van der Waals surface area contributed by atoms with Crippen molar-refractivity contribution in [3.8, 4) is 5.75 Å². The summed E-state index contributed by atoms with van der Waals surface area (Å²) in [5.41, 5.74) is 3.10. The molecule has 5 heteroatoms. The number of rotatable bonds is 4. The number of fused-ring (bicyclic) bond motifs is 2. The van der Waals surface area contributed by atoms with Crippen molar-refractivity contribution >= 4 is 27.8 Å². The number of piperidine rings is 1. The van der Waals surface area contributed by atoms with Gasteiger partial charge in [-0.2, -0.15) is 0 Å². The van der Waals surface area contributed by atoms with E-state index in [4.69, 9.17) is 14.7 Å². The van der Waals surface area contributed by atoms with Crippen molar-refractivity contribution in [3.63, 3.8) is 0 Å². The van der Waals surface area contributed by atoms with Crippen LogP contribution in [-0.2, 0) is 6.42 Å². The third-order valence-electron chi connectivity index (χ3n) is 5.65. The molecule has 1 fully saturated rings. The summed E-state index contributed by atoms with van der Waals surface area (Å²) >= 11 is 0. The fourth-order valence-electron chi connectivity index (χ4n) is 4.27. The van der Waals surface area contributed by atoms with Gasteiger partial charge in [0.05, 0.1) is 18.1 Å². The molecular formula is C23H24N4O. The maximum Gasteiger partial charge on any atom is 0.145 e. The Morgan fingerprint density at radius 3 is 2.89 bits per heavy atom. The van der Waals surface area contributed by atoms with Crippen LogP contribution in [-0.4, -0.2) is 35.2 Å². The number of hydrogen-bond donors (Lipinski definition) is 1. The molecular weight excluding hydrogens is 348 g/mol. The average molecular weight is 372 g/mol. The van der Waals surface area contributed by atoms with E-state index in [0.717, 1.165) is 58.8 Å². The van der Waals surface area contributed by atoms with Crippen molar-refractivity contribution in [2.75, 3.05) is 25.1 Å². The molecule has 0 bridgehead atoms. The fraction of sp³-hybridized carbons (Fsp3) is 0.304. The Morgan fingerprint density at radius 2 is 2.00 bits per heavy atom. The summed E-state index contributed by atoms with van der Waals surface area (Å²) in [6.07, 6.45) is 3.38. The Labute approximate surface area is 164 Å². The number of nitrogens with zero attached hydrogens (tertiary/aromatic N) is 3. The van der Waals surface area contributed by atoms with E-state index < -0.39 is 0 Å². The molecule has 142 valence electrons. The minimum atomic E-state index is 0.574. The molecule has 0 aliphatic carbocycles. The topological polar surface area (TPSA) is 54.0 Å². The minimum Gasteiger partial charge on any atom is -0.494 e. The molecule has 1 saturated heterocycles. The molecule has 5 rings (SSSR count). The highest BCUT2D eigenvalue weighted by Gasteiger charge is 2.22. The fourth-order valence-corrected chi connectivity index (χ4v) is 4.27. The highest BCUT2D eigenvalue weighted by molar-refractivity contribution is 5.86. The van der Waals surface area contributed by atoms with E-state index in [1.807, 2.05) is 24.3 Å². The summed E-state index contributed by atoms with van der Waals surface area (Å²) in [7, 11) is 1.70. The van der Waals surface area contributed by atoms with Crippen LogP contribution >= 0.6 is 0 Å². The van der Waals surface area contributed by atoms with Gasteiger partial charge in [-0.1, -0.05) is 24.3 Å².